The third-order valence-corrected chi connectivity index (χ3v) is 2.92. The Labute approximate surface area is 121 Å². The van der Waals surface area contributed by atoms with Crippen LogP contribution in [0.15, 0.2) is 24.5 Å². The number of nitriles is 1. The third-order valence-electron chi connectivity index (χ3n) is 2.59. The van der Waals surface area contributed by atoms with Crippen molar-refractivity contribution in [2.75, 3.05) is 24.8 Å². The van der Waals surface area contributed by atoms with Crippen LogP contribution in [0, 0.1) is 11.3 Å². The average Bonchev–Trinajstić information content (AvgIpc) is 2.49. The van der Waals surface area contributed by atoms with Gasteiger partial charge < -0.3 is 15.4 Å². The van der Waals surface area contributed by atoms with E-state index in [9.17, 15) is 0 Å². The van der Waals surface area contributed by atoms with Gasteiger partial charge in [0.05, 0.1) is 29.5 Å². The zero-order chi connectivity index (χ0) is 14.5. The number of rotatable bonds is 4. The Bertz CT molecular complexity index is 668. The molecule has 102 valence electrons. The van der Waals surface area contributed by atoms with Gasteiger partial charge in [0.15, 0.2) is 11.6 Å². The molecule has 0 bridgehead atoms. The molecule has 2 rings (SSSR count). The number of hydrogen-bond donors (Lipinski definition) is 2. The van der Waals surface area contributed by atoms with Crippen molar-refractivity contribution in [2.24, 2.45) is 0 Å². The lowest BCUT2D eigenvalue weighted by molar-refractivity contribution is 0.415. The van der Waals surface area contributed by atoms with E-state index in [1.807, 2.05) is 0 Å². The molecule has 0 radical (unpaired) electrons. The van der Waals surface area contributed by atoms with Gasteiger partial charge in [-0.3, -0.25) is 0 Å². The van der Waals surface area contributed by atoms with Crippen molar-refractivity contribution in [1.29, 1.82) is 5.26 Å². The molecule has 1 aromatic carbocycles. The number of halogens is 1. The fourth-order valence-electron chi connectivity index (χ4n) is 1.65. The van der Waals surface area contributed by atoms with E-state index in [4.69, 9.17) is 21.6 Å². The van der Waals surface area contributed by atoms with Crippen molar-refractivity contribution in [3.05, 3.63) is 35.1 Å². The Hall–Kier alpha value is -2.52. The molecule has 20 heavy (non-hydrogen) atoms. The Kier molecular flexibility index (Phi) is 4.23. The maximum atomic E-state index is 8.92. The summed E-state index contributed by atoms with van der Waals surface area (Å²) >= 11 is 6.10. The number of ether oxygens (including phenoxy) is 1. The third kappa shape index (κ3) is 2.73. The number of anilines is 3. The second kappa shape index (κ2) is 6.08. The van der Waals surface area contributed by atoms with Crippen LogP contribution >= 0.6 is 11.6 Å². The van der Waals surface area contributed by atoms with Gasteiger partial charge in [-0.25, -0.2) is 9.97 Å². The summed E-state index contributed by atoms with van der Waals surface area (Å²) < 4.78 is 5.28. The summed E-state index contributed by atoms with van der Waals surface area (Å²) in [6, 6.07) is 6.99. The zero-order valence-electron chi connectivity index (χ0n) is 10.9. The van der Waals surface area contributed by atoms with Crippen molar-refractivity contribution < 1.29 is 4.74 Å². The topological polar surface area (TPSA) is 82.9 Å². The van der Waals surface area contributed by atoms with E-state index in [1.54, 1.807) is 25.2 Å². The second-order valence-corrected chi connectivity index (χ2v) is 4.19. The van der Waals surface area contributed by atoms with Gasteiger partial charge in [-0.15, -0.1) is 0 Å². The molecule has 6 nitrogen and oxygen atoms in total. The van der Waals surface area contributed by atoms with Gasteiger partial charge in [0.25, 0.3) is 0 Å². The van der Waals surface area contributed by atoms with Crippen LogP contribution in [-0.4, -0.2) is 24.1 Å². The van der Waals surface area contributed by atoms with Crippen LogP contribution in [0.3, 0.4) is 0 Å². The highest BCUT2D eigenvalue weighted by Gasteiger charge is 2.12. The summed E-state index contributed by atoms with van der Waals surface area (Å²) in [5.74, 6) is 1.48. The molecule has 0 saturated heterocycles. The van der Waals surface area contributed by atoms with Crippen LogP contribution in [0.5, 0.6) is 5.75 Å². The first-order chi connectivity index (χ1) is 9.69. The molecular formula is C13H12ClN5O. The fraction of sp³-hybridized carbons (Fsp3) is 0.154. The van der Waals surface area contributed by atoms with E-state index < -0.39 is 0 Å². The van der Waals surface area contributed by atoms with Crippen LogP contribution in [0.1, 0.15) is 5.56 Å². The Balaban J connectivity index is 2.42. The largest absolute Gasteiger partial charge is 0.490 e. The minimum absolute atomic E-state index is 0.462. The lowest BCUT2D eigenvalue weighted by Gasteiger charge is -2.13. The second-order valence-electron chi connectivity index (χ2n) is 3.79. The van der Waals surface area contributed by atoms with Crippen molar-refractivity contribution in [1.82, 2.24) is 9.97 Å². The SMILES string of the molecule is CNc1ncnc(Nc2cc(C#N)ccc2Cl)c1OC. The number of nitrogens with zero attached hydrogens (tertiary/aromatic N) is 3. The monoisotopic (exact) mass is 289 g/mol. The van der Waals surface area contributed by atoms with E-state index in [0.29, 0.717) is 33.7 Å². The number of hydrogen-bond acceptors (Lipinski definition) is 6. The molecule has 0 unspecified atom stereocenters. The number of benzene rings is 1. The molecule has 0 aliphatic heterocycles. The van der Waals surface area contributed by atoms with Gasteiger partial charge in [0, 0.05) is 7.05 Å². The molecule has 1 heterocycles. The standard InChI is InChI=1S/C13H12ClN5O/c1-16-12-11(20-2)13(18-7-17-12)19-10-5-8(6-15)3-4-9(10)14/h3-5,7H,1-2H3,(H2,16,17,18,19). The highest BCUT2D eigenvalue weighted by atomic mass is 35.5. The summed E-state index contributed by atoms with van der Waals surface area (Å²) in [6.07, 6.45) is 1.40. The highest BCUT2D eigenvalue weighted by Crippen LogP contribution is 2.33. The molecule has 0 spiro atoms. The number of aromatic nitrogens is 2. The van der Waals surface area contributed by atoms with Crippen LogP contribution in [0.2, 0.25) is 5.02 Å². The number of nitrogens with one attached hydrogen (secondary N) is 2. The molecule has 2 aromatic rings. The molecule has 0 saturated carbocycles. The molecular weight excluding hydrogens is 278 g/mol. The maximum Gasteiger partial charge on any atom is 0.204 e. The fourth-order valence-corrected chi connectivity index (χ4v) is 1.82. The van der Waals surface area contributed by atoms with Gasteiger partial charge in [-0.05, 0) is 18.2 Å². The number of methoxy groups -OCH3 is 1. The highest BCUT2D eigenvalue weighted by molar-refractivity contribution is 6.33. The van der Waals surface area contributed by atoms with Crippen molar-refractivity contribution in [3.63, 3.8) is 0 Å². The van der Waals surface area contributed by atoms with Crippen molar-refractivity contribution in [3.8, 4) is 11.8 Å². The smallest absolute Gasteiger partial charge is 0.204 e. The Morgan fingerprint density at radius 3 is 2.70 bits per heavy atom. The van der Waals surface area contributed by atoms with E-state index in [0.717, 1.165) is 0 Å². The van der Waals surface area contributed by atoms with Gasteiger partial charge in [-0.2, -0.15) is 5.26 Å². The minimum Gasteiger partial charge on any atom is -0.490 e. The Morgan fingerprint density at radius 2 is 2.05 bits per heavy atom. The zero-order valence-corrected chi connectivity index (χ0v) is 11.7. The van der Waals surface area contributed by atoms with Crippen molar-refractivity contribution in [2.45, 2.75) is 0 Å². The first-order valence-electron chi connectivity index (χ1n) is 5.73. The maximum absolute atomic E-state index is 8.92. The minimum atomic E-state index is 0.462. The molecule has 0 aliphatic rings. The van der Waals surface area contributed by atoms with Crippen LogP contribution in [-0.2, 0) is 0 Å². The van der Waals surface area contributed by atoms with E-state index in [2.05, 4.69) is 26.7 Å². The van der Waals surface area contributed by atoms with Gasteiger partial charge in [0.1, 0.15) is 6.33 Å². The lowest BCUT2D eigenvalue weighted by atomic mass is 10.2. The quantitative estimate of drug-likeness (QED) is 0.900. The van der Waals surface area contributed by atoms with Crippen LogP contribution in [0.25, 0.3) is 0 Å². The summed E-state index contributed by atoms with van der Waals surface area (Å²) in [5, 5.41) is 15.4. The van der Waals surface area contributed by atoms with E-state index in [-0.39, 0.29) is 0 Å². The predicted molar refractivity (Wildman–Crippen MR) is 77.6 cm³/mol. The molecule has 0 aliphatic carbocycles. The first kappa shape index (κ1) is 13.9. The molecule has 0 amide bonds. The molecule has 0 atom stereocenters. The summed E-state index contributed by atoms with van der Waals surface area (Å²) in [5.41, 5.74) is 1.07. The molecule has 1 aromatic heterocycles. The van der Waals surface area contributed by atoms with E-state index >= 15 is 0 Å². The van der Waals surface area contributed by atoms with Gasteiger partial charge >= 0.3 is 0 Å². The summed E-state index contributed by atoms with van der Waals surface area (Å²) in [7, 11) is 3.26. The van der Waals surface area contributed by atoms with E-state index in [1.165, 1.54) is 13.4 Å². The molecule has 0 fully saturated rings. The summed E-state index contributed by atoms with van der Waals surface area (Å²) in [4.78, 5) is 8.18. The van der Waals surface area contributed by atoms with Crippen molar-refractivity contribution >= 4 is 28.9 Å². The first-order valence-corrected chi connectivity index (χ1v) is 6.10. The Morgan fingerprint density at radius 1 is 1.30 bits per heavy atom. The van der Waals surface area contributed by atoms with Crippen LogP contribution in [0.4, 0.5) is 17.3 Å². The predicted octanol–water partition coefficient (Wildman–Crippen LogP) is 2.80. The normalized spacial score (nSPS) is 9.70. The molecule has 7 heteroatoms. The van der Waals surface area contributed by atoms with Crippen LogP contribution < -0.4 is 15.4 Å². The summed E-state index contributed by atoms with van der Waals surface area (Å²) in [6.45, 7) is 0. The van der Waals surface area contributed by atoms with Gasteiger partial charge in [-0.1, -0.05) is 11.6 Å². The lowest BCUT2D eigenvalue weighted by Crippen LogP contribution is -2.03. The van der Waals surface area contributed by atoms with Gasteiger partial charge in [0.2, 0.25) is 5.75 Å². The average molecular weight is 290 g/mol. The molecule has 2 N–H and O–H groups in total.